The average Bonchev–Trinajstić information content (AvgIpc) is 4.12. The van der Waals surface area contributed by atoms with E-state index in [1.807, 2.05) is 0 Å². The molecule has 0 aliphatic carbocycles. The van der Waals surface area contributed by atoms with Crippen LogP contribution >= 0.6 is 0 Å². The second-order valence-corrected chi connectivity index (χ2v) is 21.0. The second-order valence-electron chi connectivity index (χ2n) is 21.0. The average molecular weight is 860 g/mol. The summed E-state index contributed by atoms with van der Waals surface area (Å²) < 4.78 is 7.30. The molecule has 5 nitrogen and oxygen atoms in total. The number of hydrogen-bond acceptors (Lipinski definition) is 2. The van der Waals surface area contributed by atoms with Gasteiger partial charge in [-0.3, -0.25) is 8.80 Å². The predicted octanol–water partition coefficient (Wildman–Crippen LogP) is 16.4. The first-order valence-corrected chi connectivity index (χ1v) is 23.6. The zero-order valence-electron chi connectivity index (χ0n) is 38.3. The lowest BCUT2D eigenvalue weighted by molar-refractivity contribution is 0.591. The molecule has 6 aromatic heterocycles. The van der Waals surface area contributed by atoms with Crippen molar-refractivity contribution in [1.29, 1.82) is 0 Å². The fourth-order valence-electron chi connectivity index (χ4n) is 11.9. The molecule has 15 rings (SSSR count). The summed E-state index contributed by atoms with van der Waals surface area (Å²) in [5, 5.41) is 14.6. The van der Waals surface area contributed by atoms with Gasteiger partial charge in [0.25, 0.3) is 0 Å². The fourth-order valence-corrected chi connectivity index (χ4v) is 11.9. The highest BCUT2D eigenvalue weighted by atomic mass is 15.1. The Kier molecular flexibility index (Phi) is 6.92. The van der Waals surface area contributed by atoms with Gasteiger partial charge in [0.1, 0.15) is 11.0 Å². The number of rotatable bonds is 2. The summed E-state index contributed by atoms with van der Waals surface area (Å²) in [6.07, 6.45) is 0. The second kappa shape index (κ2) is 12.4. The van der Waals surface area contributed by atoms with Gasteiger partial charge in [0.2, 0.25) is 0 Å². The van der Waals surface area contributed by atoms with E-state index in [1.54, 1.807) is 0 Å². The molecule has 67 heavy (non-hydrogen) atoms. The number of para-hydroxylation sites is 2. The number of aromatic nitrogens is 5. The number of hydrogen-bond donors (Lipinski definition) is 0. The van der Waals surface area contributed by atoms with Crippen molar-refractivity contribution in [2.45, 2.75) is 52.4 Å². The number of benzene rings is 9. The lowest BCUT2D eigenvalue weighted by Gasteiger charge is -2.21. The largest absolute Gasteiger partial charge is 0.309 e. The van der Waals surface area contributed by atoms with Crippen LogP contribution in [0.25, 0.3) is 137 Å². The van der Waals surface area contributed by atoms with Crippen LogP contribution in [0, 0.1) is 0 Å². The number of fused-ring (bicyclic) bond motifs is 19. The number of nitrogens with zero attached hydrogens (tertiary/aromatic N) is 5. The van der Waals surface area contributed by atoms with Crippen molar-refractivity contribution in [3.63, 3.8) is 0 Å². The Balaban J connectivity index is 1.13. The molecule has 5 heteroatoms. The van der Waals surface area contributed by atoms with Gasteiger partial charge in [0.05, 0.1) is 33.1 Å². The van der Waals surface area contributed by atoms with E-state index in [2.05, 4.69) is 219 Å². The van der Waals surface area contributed by atoms with E-state index in [9.17, 15) is 0 Å². The normalized spacial score (nSPS) is 13.2. The lowest BCUT2D eigenvalue weighted by atomic mass is 9.83. The molecule has 15 aromatic rings. The molecule has 0 bridgehead atoms. The molecule has 0 N–H and O–H groups in total. The predicted molar refractivity (Wildman–Crippen MR) is 284 cm³/mol. The van der Waals surface area contributed by atoms with Crippen LogP contribution in [0.3, 0.4) is 0 Å². The van der Waals surface area contributed by atoms with Crippen molar-refractivity contribution in [3.05, 3.63) is 175 Å². The summed E-state index contributed by atoms with van der Waals surface area (Å²) in [5.74, 6) is 0. The summed E-state index contributed by atoms with van der Waals surface area (Å²) in [7, 11) is 0. The Hall–Kier alpha value is -8.02. The first-order chi connectivity index (χ1) is 32.5. The molecule has 0 amide bonds. The first-order valence-electron chi connectivity index (χ1n) is 23.6. The molecular weight excluding hydrogens is 815 g/mol. The van der Waals surface area contributed by atoms with Gasteiger partial charge in [-0.05, 0) is 116 Å². The van der Waals surface area contributed by atoms with E-state index in [1.165, 1.54) is 109 Å². The molecule has 6 heterocycles. The van der Waals surface area contributed by atoms with Gasteiger partial charge >= 0.3 is 0 Å². The topological polar surface area (TPSA) is 39.5 Å². The van der Waals surface area contributed by atoms with Crippen LogP contribution < -0.4 is 0 Å². The summed E-state index contributed by atoms with van der Waals surface area (Å²) in [6.45, 7) is 13.9. The van der Waals surface area contributed by atoms with Crippen LogP contribution in [-0.4, -0.2) is 23.3 Å². The Morgan fingerprint density at radius 1 is 0.373 bits per heavy atom. The highest BCUT2D eigenvalue weighted by Gasteiger charge is 2.30. The Morgan fingerprint density at radius 2 is 0.955 bits per heavy atom. The Morgan fingerprint density at radius 3 is 1.72 bits per heavy atom. The van der Waals surface area contributed by atoms with E-state index < -0.39 is 0 Å². The van der Waals surface area contributed by atoms with E-state index in [0.29, 0.717) is 0 Å². The van der Waals surface area contributed by atoms with Crippen molar-refractivity contribution in [1.82, 2.24) is 23.3 Å². The maximum atomic E-state index is 5.92. The van der Waals surface area contributed by atoms with Crippen molar-refractivity contribution < 1.29 is 0 Å². The maximum Gasteiger partial charge on any atom is 0.165 e. The third-order valence-corrected chi connectivity index (χ3v) is 15.1. The van der Waals surface area contributed by atoms with Crippen molar-refractivity contribution >= 4 is 120 Å². The minimum absolute atomic E-state index is 0.0158. The third kappa shape index (κ3) is 4.78. The molecule has 0 atom stereocenters. The minimum atomic E-state index is -0.107. The van der Waals surface area contributed by atoms with Crippen LogP contribution in [0.1, 0.15) is 52.7 Å². The van der Waals surface area contributed by atoms with Crippen molar-refractivity contribution in [2.75, 3.05) is 0 Å². The molecule has 0 saturated carbocycles. The Labute approximate surface area is 385 Å². The van der Waals surface area contributed by atoms with E-state index in [-0.39, 0.29) is 10.8 Å². The quantitative estimate of drug-likeness (QED) is 0.174. The standard InChI is InChI=1S/C62H45N5/c1-61(2,3)37-25-27-51-45(31-37)46-29-34-16-11-13-21-41(34)53-55-60(66(51)57(46)53)63-54-48-30-35-17-10-12-20-40(35)52-47-33-38(62(4,5)6)32-43(56(47)67(58(48)52)59(54)64-55)36-24-26-50-44(28-36)42-22-14-15-23-49(42)65(50)39-18-8-7-9-19-39/h7-33H,1-6H3. The molecule has 318 valence electrons. The lowest BCUT2D eigenvalue weighted by Crippen LogP contribution is -2.11. The molecule has 0 fully saturated rings. The van der Waals surface area contributed by atoms with Gasteiger partial charge in [-0.15, -0.1) is 0 Å². The zero-order valence-corrected chi connectivity index (χ0v) is 38.3. The monoisotopic (exact) mass is 859 g/mol. The smallest absolute Gasteiger partial charge is 0.165 e. The van der Waals surface area contributed by atoms with Gasteiger partial charge in [-0.25, -0.2) is 9.97 Å². The van der Waals surface area contributed by atoms with Crippen LogP contribution in [0.4, 0.5) is 0 Å². The first kappa shape index (κ1) is 37.2. The maximum absolute atomic E-state index is 5.92. The van der Waals surface area contributed by atoms with Crippen molar-refractivity contribution in [3.8, 4) is 16.8 Å². The van der Waals surface area contributed by atoms with Gasteiger partial charge in [0.15, 0.2) is 11.3 Å². The molecule has 0 spiro atoms. The van der Waals surface area contributed by atoms with E-state index in [4.69, 9.17) is 9.97 Å². The van der Waals surface area contributed by atoms with Gasteiger partial charge in [-0.2, -0.15) is 0 Å². The van der Waals surface area contributed by atoms with E-state index in [0.717, 1.165) is 38.8 Å². The van der Waals surface area contributed by atoms with Crippen LogP contribution in [0.15, 0.2) is 164 Å². The molecule has 9 aromatic carbocycles. The molecule has 0 unspecified atom stereocenters. The van der Waals surface area contributed by atoms with Gasteiger partial charge in [0, 0.05) is 54.3 Å². The molecule has 0 aliphatic heterocycles. The minimum Gasteiger partial charge on any atom is -0.309 e. The zero-order chi connectivity index (χ0) is 44.8. The van der Waals surface area contributed by atoms with Crippen LogP contribution in [-0.2, 0) is 10.8 Å². The van der Waals surface area contributed by atoms with Gasteiger partial charge in [-0.1, -0.05) is 139 Å². The third-order valence-electron chi connectivity index (χ3n) is 15.1. The molecule has 0 saturated heterocycles. The Bertz CT molecular complexity index is 4620. The summed E-state index contributed by atoms with van der Waals surface area (Å²) >= 11 is 0. The molecule has 0 radical (unpaired) electrons. The summed E-state index contributed by atoms with van der Waals surface area (Å²) in [4.78, 5) is 11.8. The summed E-state index contributed by atoms with van der Waals surface area (Å²) in [6, 6.07) is 61.1. The van der Waals surface area contributed by atoms with E-state index >= 15 is 0 Å². The summed E-state index contributed by atoms with van der Waals surface area (Å²) in [5.41, 5.74) is 16.8. The highest BCUT2D eigenvalue weighted by Crippen LogP contribution is 2.49. The fraction of sp³-hybridized carbons (Fsp3) is 0.129. The van der Waals surface area contributed by atoms with Crippen LogP contribution in [0.2, 0.25) is 0 Å². The molecular formula is C62H45N5. The van der Waals surface area contributed by atoms with Crippen LogP contribution in [0.5, 0.6) is 0 Å². The SMILES string of the molecule is CC(C)(C)c1ccc2c(c1)c1cc3ccccc3c3c4nc5c(nc4n2c13)c1cc2ccccc2c2c3cc(C(C)(C)C)cc(-c4ccc6c(c4)c4ccccc4n6-c4ccccc4)c3n5c12. The molecule has 0 aliphatic rings. The highest BCUT2D eigenvalue weighted by molar-refractivity contribution is 6.34. The van der Waals surface area contributed by atoms with Gasteiger partial charge < -0.3 is 4.57 Å². The van der Waals surface area contributed by atoms with Crippen molar-refractivity contribution in [2.24, 2.45) is 0 Å².